The van der Waals surface area contributed by atoms with Crippen molar-refractivity contribution in [2.24, 2.45) is 5.73 Å². The van der Waals surface area contributed by atoms with Crippen LogP contribution in [0, 0.1) is 5.41 Å². The number of nitrogens with two attached hydrogens (primary N) is 1. The zero-order valence-electron chi connectivity index (χ0n) is 6.83. The molecule has 0 heterocycles. The molecule has 0 aliphatic rings. The molecule has 0 atom stereocenters. The van der Waals surface area contributed by atoms with E-state index in [2.05, 4.69) is 0 Å². The molecule has 0 fully saturated rings. The van der Waals surface area contributed by atoms with Crippen LogP contribution in [0.3, 0.4) is 0 Å². The molecule has 1 rings (SSSR count). The highest BCUT2D eigenvalue weighted by Gasteiger charge is 1.85. The molecule has 1 aromatic carbocycles. The van der Waals surface area contributed by atoms with Crippen LogP contribution in [-0.4, -0.2) is 5.84 Å². The molecule has 2 heteroatoms. The zero-order chi connectivity index (χ0) is 8.81. The number of hydrogen-bond donors (Lipinski definition) is 2. The van der Waals surface area contributed by atoms with Crippen LogP contribution in [0.1, 0.15) is 5.56 Å². The van der Waals surface area contributed by atoms with Crippen molar-refractivity contribution in [1.82, 2.24) is 0 Å². The zero-order valence-corrected chi connectivity index (χ0v) is 6.83. The molecule has 0 radical (unpaired) electrons. The van der Waals surface area contributed by atoms with Gasteiger partial charge in [-0.05, 0) is 18.1 Å². The Bertz CT molecular complexity index is 275. The molecular formula is C10H12N2. The molecule has 62 valence electrons. The second-order valence-electron chi connectivity index (χ2n) is 2.55. The lowest BCUT2D eigenvalue weighted by atomic mass is 10.1. The molecule has 0 unspecified atom stereocenters. The van der Waals surface area contributed by atoms with Crippen molar-refractivity contribution >= 4 is 5.84 Å². The van der Waals surface area contributed by atoms with E-state index in [1.807, 2.05) is 36.4 Å². The smallest absolute Gasteiger partial charge is 0.114 e. The highest BCUT2D eigenvalue weighted by Crippen LogP contribution is 1.99. The number of rotatable bonds is 3. The molecule has 3 N–H and O–H groups in total. The van der Waals surface area contributed by atoms with Crippen molar-refractivity contribution in [1.29, 1.82) is 5.41 Å². The summed E-state index contributed by atoms with van der Waals surface area (Å²) in [5, 5.41) is 6.95. The Morgan fingerprint density at radius 3 is 2.58 bits per heavy atom. The number of amidine groups is 1. The van der Waals surface area contributed by atoms with E-state index in [-0.39, 0.29) is 5.84 Å². The van der Waals surface area contributed by atoms with Crippen molar-refractivity contribution in [2.75, 3.05) is 0 Å². The van der Waals surface area contributed by atoms with Crippen molar-refractivity contribution < 1.29 is 0 Å². The van der Waals surface area contributed by atoms with Crippen molar-refractivity contribution in [3.8, 4) is 0 Å². The molecular weight excluding hydrogens is 148 g/mol. The Kier molecular flexibility index (Phi) is 3.08. The highest BCUT2D eigenvalue weighted by molar-refractivity contribution is 5.88. The Hall–Kier alpha value is -1.57. The van der Waals surface area contributed by atoms with Crippen LogP contribution in [0.4, 0.5) is 0 Å². The van der Waals surface area contributed by atoms with Gasteiger partial charge in [0.1, 0.15) is 5.84 Å². The summed E-state index contributed by atoms with van der Waals surface area (Å²) in [4.78, 5) is 0. The van der Waals surface area contributed by atoms with Gasteiger partial charge in [0, 0.05) is 0 Å². The lowest BCUT2D eigenvalue weighted by Crippen LogP contribution is -2.04. The molecule has 0 amide bonds. The monoisotopic (exact) mass is 160 g/mol. The lowest BCUT2D eigenvalue weighted by molar-refractivity contribution is 1.27. The van der Waals surface area contributed by atoms with Gasteiger partial charge in [0.25, 0.3) is 0 Å². The summed E-state index contributed by atoms with van der Waals surface area (Å²) in [5.74, 6) is 0.103. The number of hydrogen-bond acceptors (Lipinski definition) is 1. The fourth-order valence-corrected chi connectivity index (χ4v) is 0.936. The first-order valence-corrected chi connectivity index (χ1v) is 3.83. The SMILES string of the molecule is N=C(N)C=CCc1ccccc1. The maximum absolute atomic E-state index is 6.95. The molecule has 0 aromatic heterocycles. The van der Waals surface area contributed by atoms with E-state index in [9.17, 15) is 0 Å². The number of nitrogens with one attached hydrogen (secondary N) is 1. The minimum atomic E-state index is 0.103. The van der Waals surface area contributed by atoms with E-state index >= 15 is 0 Å². The third-order valence-electron chi connectivity index (χ3n) is 1.49. The summed E-state index contributed by atoms with van der Waals surface area (Å²) in [6.07, 6.45) is 4.32. The predicted octanol–water partition coefficient (Wildman–Crippen LogP) is 1.72. The Morgan fingerprint density at radius 2 is 2.00 bits per heavy atom. The summed E-state index contributed by atoms with van der Waals surface area (Å²) in [6.45, 7) is 0. The maximum atomic E-state index is 6.95. The first-order valence-electron chi connectivity index (χ1n) is 3.83. The fourth-order valence-electron chi connectivity index (χ4n) is 0.936. The summed E-state index contributed by atoms with van der Waals surface area (Å²) in [5.41, 5.74) is 6.38. The van der Waals surface area contributed by atoms with Gasteiger partial charge in [-0.15, -0.1) is 0 Å². The van der Waals surface area contributed by atoms with E-state index in [4.69, 9.17) is 11.1 Å². The van der Waals surface area contributed by atoms with Crippen LogP contribution in [0.15, 0.2) is 42.5 Å². The molecule has 0 aliphatic carbocycles. The molecule has 0 saturated heterocycles. The van der Waals surface area contributed by atoms with E-state index in [1.54, 1.807) is 6.08 Å². The first-order chi connectivity index (χ1) is 5.79. The second kappa shape index (κ2) is 4.34. The third kappa shape index (κ3) is 3.01. The Morgan fingerprint density at radius 1 is 1.33 bits per heavy atom. The van der Waals surface area contributed by atoms with Gasteiger partial charge in [-0.2, -0.15) is 0 Å². The van der Waals surface area contributed by atoms with Gasteiger partial charge >= 0.3 is 0 Å². The van der Waals surface area contributed by atoms with Crippen molar-refractivity contribution in [3.05, 3.63) is 48.0 Å². The van der Waals surface area contributed by atoms with E-state index in [0.29, 0.717) is 0 Å². The van der Waals surface area contributed by atoms with Crippen LogP contribution in [0.5, 0.6) is 0 Å². The van der Waals surface area contributed by atoms with Crippen LogP contribution in [-0.2, 0) is 6.42 Å². The third-order valence-corrected chi connectivity index (χ3v) is 1.49. The highest BCUT2D eigenvalue weighted by atomic mass is 14.7. The van der Waals surface area contributed by atoms with Gasteiger partial charge in [-0.25, -0.2) is 0 Å². The summed E-state index contributed by atoms with van der Waals surface area (Å²) >= 11 is 0. The summed E-state index contributed by atoms with van der Waals surface area (Å²) < 4.78 is 0. The van der Waals surface area contributed by atoms with Crippen LogP contribution in [0.25, 0.3) is 0 Å². The Labute approximate surface area is 72.2 Å². The average Bonchev–Trinajstić information content (AvgIpc) is 2.05. The van der Waals surface area contributed by atoms with E-state index in [0.717, 1.165) is 6.42 Å². The van der Waals surface area contributed by atoms with Gasteiger partial charge in [0.15, 0.2) is 0 Å². The molecule has 0 aliphatic heterocycles. The Balaban J connectivity index is 2.49. The minimum Gasteiger partial charge on any atom is -0.384 e. The quantitative estimate of drug-likeness (QED) is 0.513. The first kappa shape index (κ1) is 8.53. The van der Waals surface area contributed by atoms with Gasteiger partial charge in [0.2, 0.25) is 0 Å². The molecule has 0 spiro atoms. The van der Waals surface area contributed by atoms with Crippen LogP contribution in [0.2, 0.25) is 0 Å². The fraction of sp³-hybridized carbons (Fsp3) is 0.100. The molecule has 0 saturated carbocycles. The standard InChI is InChI=1S/C10H12N2/c11-10(12)8-4-7-9-5-2-1-3-6-9/h1-6,8H,7H2,(H3,11,12). The van der Waals surface area contributed by atoms with Crippen LogP contribution < -0.4 is 5.73 Å². The topological polar surface area (TPSA) is 49.9 Å². The van der Waals surface area contributed by atoms with Gasteiger partial charge in [-0.1, -0.05) is 36.4 Å². The van der Waals surface area contributed by atoms with E-state index in [1.165, 1.54) is 5.56 Å². The second-order valence-corrected chi connectivity index (χ2v) is 2.55. The van der Waals surface area contributed by atoms with Gasteiger partial charge in [0.05, 0.1) is 0 Å². The number of allylic oxidation sites excluding steroid dienone is 1. The lowest BCUT2D eigenvalue weighted by Gasteiger charge is -1.93. The summed E-state index contributed by atoms with van der Waals surface area (Å²) in [6, 6.07) is 10.1. The molecule has 0 bridgehead atoms. The van der Waals surface area contributed by atoms with Crippen molar-refractivity contribution in [3.63, 3.8) is 0 Å². The van der Waals surface area contributed by atoms with Crippen LogP contribution >= 0.6 is 0 Å². The van der Waals surface area contributed by atoms with Gasteiger partial charge < -0.3 is 5.73 Å². The minimum absolute atomic E-state index is 0.103. The predicted molar refractivity (Wildman–Crippen MR) is 51.2 cm³/mol. The normalized spacial score (nSPS) is 10.3. The summed E-state index contributed by atoms with van der Waals surface area (Å²) in [7, 11) is 0. The molecule has 12 heavy (non-hydrogen) atoms. The number of benzene rings is 1. The maximum Gasteiger partial charge on any atom is 0.114 e. The van der Waals surface area contributed by atoms with E-state index < -0.39 is 0 Å². The van der Waals surface area contributed by atoms with Crippen molar-refractivity contribution in [2.45, 2.75) is 6.42 Å². The molecule has 1 aromatic rings. The molecule has 2 nitrogen and oxygen atoms in total. The largest absolute Gasteiger partial charge is 0.384 e. The van der Waals surface area contributed by atoms with Gasteiger partial charge in [-0.3, -0.25) is 5.41 Å². The average molecular weight is 160 g/mol.